The Kier molecular flexibility index (Phi) is 13.3. The minimum Gasteiger partial charge on any atom is -0.356 e. The Hall–Kier alpha value is -1.79. The molecule has 1 aliphatic rings. The van der Waals surface area contributed by atoms with Gasteiger partial charge in [0, 0.05) is 45.7 Å². The van der Waals surface area contributed by atoms with Crippen LogP contribution in [0.25, 0.3) is 0 Å². The zero-order chi connectivity index (χ0) is 23.2. The zero-order valence-corrected chi connectivity index (χ0v) is 20.9. The number of hydrogen-bond acceptors (Lipinski definition) is 3. The van der Waals surface area contributed by atoms with Crippen LogP contribution < -0.4 is 10.6 Å². The molecular weight excluding hydrogens is 390 g/mol. The molecule has 1 aliphatic heterocycles. The largest absolute Gasteiger partial charge is 0.356 e. The molecule has 0 spiro atoms. The van der Waals surface area contributed by atoms with E-state index in [9.17, 15) is 9.59 Å². The predicted octanol–water partition coefficient (Wildman–Crippen LogP) is 3.25. The average molecular weight is 438 g/mol. The third kappa shape index (κ3) is 9.92. The van der Waals surface area contributed by atoms with E-state index in [1.807, 2.05) is 4.90 Å². The summed E-state index contributed by atoms with van der Waals surface area (Å²) < 4.78 is 0. The lowest BCUT2D eigenvalue weighted by molar-refractivity contribution is -0.136. The summed E-state index contributed by atoms with van der Waals surface area (Å²) in [5, 5.41) is 7.01. The maximum Gasteiger partial charge on any atom is 0.243 e. The van der Waals surface area contributed by atoms with Crippen molar-refractivity contribution in [1.29, 1.82) is 0 Å². The monoisotopic (exact) mass is 437 g/mol. The van der Waals surface area contributed by atoms with E-state index in [-0.39, 0.29) is 24.4 Å². The molecule has 0 aromatic carbocycles. The summed E-state index contributed by atoms with van der Waals surface area (Å²) in [5.41, 5.74) is 0. The van der Waals surface area contributed by atoms with Crippen LogP contribution in [0, 0.1) is 11.8 Å². The van der Waals surface area contributed by atoms with Crippen LogP contribution in [-0.2, 0) is 9.59 Å². The van der Waals surface area contributed by atoms with E-state index in [1.165, 1.54) is 19.3 Å². The number of guanidine groups is 1. The highest BCUT2D eigenvalue weighted by atomic mass is 16.2. The molecule has 7 nitrogen and oxygen atoms in total. The van der Waals surface area contributed by atoms with E-state index in [0.29, 0.717) is 11.8 Å². The van der Waals surface area contributed by atoms with Crippen LogP contribution in [0.15, 0.2) is 4.99 Å². The fourth-order valence-electron chi connectivity index (χ4n) is 3.96. The zero-order valence-electron chi connectivity index (χ0n) is 20.9. The number of nitrogens with zero attached hydrogens (tertiary/aromatic N) is 3. The molecule has 0 radical (unpaired) electrons. The highest BCUT2D eigenvalue weighted by Gasteiger charge is 2.27. The Balaban J connectivity index is 2.67. The molecule has 1 fully saturated rings. The summed E-state index contributed by atoms with van der Waals surface area (Å²) in [5.74, 6) is 1.76. The topological polar surface area (TPSA) is 77.0 Å². The summed E-state index contributed by atoms with van der Waals surface area (Å²) in [6.07, 6.45) is 8.41. The van der Waals surface area contributed by atoms with Gasteiger partial charge in [-0.2, -0.15) is 0 Å². The molecule has 0 aromatic rings. The number of hydrogen-bond donors (Lipinski definition) is 2. The number of piperidine rings is 1. The molecule has 2 amide bonds. The molecule has 0 bridgehead atoms. The SMILES string of the molecule is CCCCC(CC)CNC(=NCC(=O)N(C)C)NC1CCN(C(=O)C(CC)CC)CC1. The van der Waals surface area contributed by atoms with Crippen molar-refractivity contribution >= 4 is 17.8 Å². The molecule has 1 atom stereocenters. The lowest BCUT2D eigenvalue weighted by atomic mass is 9.98. The average Bonchev–Trinajstić information content (AvgIpc) is 2.78. The van der Waals surface area contributed by atoms with Crippen molar-refractivity contribution in [1.82, 2.24) is 20.4 Å². The Morgan fingerprint density at radius 3 is 2.23 bits per heavy atom. The van der Waals surface area contributed by atoms with Crippen LogP contribution in [0.1, 0.15) is 79.1 Å². The van der Waals surface area contributed by atoms with Gasteiger partial charge in [0.25, 0.3) is 0 Å². The van der Waals surface area contributed by atoms with E-state index in [4.69, 9.17) is 0 Å². The van der Waals surface area contributed by atoms with E-state index in [1.54, 1.807) is 19.0 Å². The molecule has 0 aromatic heterocycles. The van der Waals surface area contributed by atoms with Crippen molar-refractivity contribution in [3.63, 3.8) is 0 Å². The normalized spacial score (nSPS) is 16.4. The van der Waals surface area contributed by atoms with Crippen LogP contribution in [0.3, 0.4) is 0 Å². The lowest BCUT2D eigenvalue weighted by Crippen LogP contribution is -2.51. The van der Waals surface area contributed by atoms with Crippen molar-refractivity contribution in [2.24, 2.45) is 16.8 Å². The lowest BCUT2D eigenvalue weighted by Gasteiger charge is -2.35. The number of carbonyl (C=O) groups excluding carboxylic acids is 2. The van der Waals surface area contributed by atoms with Gasteiger partial charge in [-0.25, -0.2) is 4.99 Å². The fourth-order valence-corrected chi connectivity index (χ4v) is 3.96. The van der Waals surface area contributed by atoms with Gasteiger partial charge in [0.15, 0.2) is 5.96 Å². The molecule has 2 N–H and O–H groups in total. The van der Waals surface area contributed by atoms with Gasteiger partial charge >= 0.3 is 0 Å². The van der Waals surface area contributed by atoms with Crippen molar-refractivity contribution < 1.29 is 9.59 Å². The first-order chi connectivity index (χ1) is 14.9. The Morgan fingerprint density at radius 1 is 1.06 bits per heavy atom. The van der Waals surface area contributed by atoms with E-state index in [2.05, 4.69) is 43.3 Å². The highest BCUT2D eigenvalue weighted by Crippen LogP contribution is 2.17. The maximum absolute atomic E-state index is 12.7. The third-order valence-corrected chi connectivity index (χ3v) is 6.46. The first-order valence-electron chi connectivity index (χ1n) is 12.4. The standard InChI is InChI=1S/C24H47N5O2/c1-7-11-12-19(8-2)17-25-24(26-18-22(30)28(5)6)27-21-13-15-29(16-14-21)23(31)20(9-3)10-4/h19-21H,7-18H2,1-6H3,(H2,25,26,27). The van der Waals surface area contributed by atoms with Gasteiger partial charge in [0.2, 0.25) is 11.8 Å². The Morgan fingerprint density at radius 2 is 1.71 bits per heavy atom. The van der Waals surface area contributed by atoms with Crippen molar-refractivity contribution in [3.8, 4) is 0 Å². The van der Waals surface area contributed by atoms with Crippen LogP contribution in [0.4, 0.5) is 0 Å². The van der Waals surface area contributed by atoms with Crippen LogP contribution in [0.5, 0.6) is 0 Å². The van der Waals surface area contributed by atoms with Gasteiger partial charge in [0.1, 0.15) is 6.54 Å². The quantitative estimate of drug-likeness (QED) is 0.363. The van der Waals surface area contributed by atoms with Crippen molar-refractivity contribution in [3.05, 3.63) is 0 Å². The summed E-state index contributed by atoms with van der Waals surface area (Å²) in [7, 11) is 3.51. The molecule has 1 unspecified atom stereocenters. The summed E-state index contributed by atoms with van der Waals surface area (Å²) in [6, 6.07) is 0.266. The Bertz CT molecular complexity index is 552. The van der Waals surface area contributed by atoms with Gasteiger partial charge in [0.05, 0.1) is 0 Å². The van der Waals surface area contributed by atoms with E-state index < -0.39 is 0 Å². The molecule has 7 heteroatoms. The first-order valence-corrected chi connectivity index (χ1v) is 12.4. The van der Waals surface area contributed by atoms with Gasteiger partial charge in [-0.05, 0) is 38.0 Å². The molecule has 31 heavy (non-hydrogen) atoms. The minimum atomic E-state index is -0.00952. The molecule has 180 valence electrons. The summed E-state index contributed by atoms with van der Waals surface area (Å²) in [4.78, 5) is 32.8. The van der Waals surface area contributed by atoms with E-state index >= 15 is 0 Å². The van der Waals surface area contributed by atoms with Crippen LogP contribution >= 0.6 is 0 Å². The van der Waals surface area contributed by atoms with E-state index in [0.717, 1.165) is 57.7 Å². The van der Waals surface area contributed by atoms with Gasteiger partial charge in [-0.1, -0.05) is 47.0 Å². The maximum atomic E-state index is 12.7. The Labute approximate surface area is 190 Å². The number of likely N-dealkylation sites (N-methyl/N-ethyl adjacent to an activating group) is 1. The third-order valence-electron chi connectivity index (χ3n) is 6.46. The second kappa shape index (κ2) is 15.1. The number of unbranched alkanes of at least 4 members (excludes halogenated alkanes) is 1. The van der Waals surface area contributed by atoms with Gasteiger partial charge in [-0.3, -0.25) is 9.59 Å². The number of carbonyl (C=O) groups is 2. The predicted molar refractivity (Wildman–Crippen MR) is 129 cm³/mol. The van der Waals surface area contributed by atoms with Crippen LogP contribution in [0.2, 0.25) is 0 Å². The van der Waals surface area contributed by atoms with Gasteiger partial charge in [-0.15, -0.1) is 0 Å². The molecule has 1 rings (SSSR count). The smallest absolute Gasteiger partial charge is 0.243 e. The number of rotatable bonds is 12. The van der Waals surface area contributed by atoms with Crippen molar-refractivity contribution in [2.45, 2.75) is 85.1 Å². The first kappa shape index (κ1) is 27.2. The molecule has 1 heterocycles. The van der Waals surface area contributed by atoms with Crippen molar-refractivity contribution in [2.75, 3.05) is 40.3 Å². The highest BCUT2D eigenvalue weighted by molar-refractivity contribution is 5.85. The van der Waals surface area contributed by atoms with Crippen LogP contribution in [-0.4, -0.2) is 73.9 Å². The number of aliphatic imine (C=N–C) groups is 1. The number of likely N-dealkylation sites (tertiary alicyclic amines) is 1. The molecule has 1 saturated heterocycles. The number of amides is 2. The summed E-state index contributed by atoms with van der Waals surface area (Å²) in [6.45, 7) is 11.2. The summed E-state index contributed by atoms with van der Waals surface area (Å²) >= 11 is 0. The second-order valence-corrected chi connectivity index (χ2v) is 9.01. The molecule has 0 aliphatic carbocycles. The number of nitrogens with one attached hydrogen (secondary N) is 2. The molecule has 0 saturated carbocycles. The van der Waals surface area contributed by atoms with Gasteiger partial charge < -0.3 is 20.4 Å². The fraction of sp³-hybridized carbons (Fsp3) is 0.875. The second-order valence-electron chi connectivity index (χ2n) is 9.01. The minimum absolute atomic E-state index is 0.00952. The molecular formula is C24H47N5O2.